The van der Waals surface area contributed by atoms with Crippen LogP contribution < -0.4 is 10.2 Å². The molecule has 1 unspecified atom stereocenters. The second-order valence-corrected chi connectivity index (χ2v) is 4.88. The van der Waals surface area contributed by atoms with Gasteiger partial charge in [-0.15, -0.1) is 0 Å². The first-order valence-electron chi connectivity index (χ1n) is 6.71. The van der Waals surface area contributed by atoms with Crippen LogP contribution in [0.2, 0.25) is 0 Å². The summed E-state index contributed by atoms with van der Waals surface area (Å²) in [6.07, 6.45) is 5.66. The smallest absolute Gasteiger partial charge is 0.131 e. The number of aryl methyl sites for hydroxylation is 1. The Morgan fingerprint density at radius 2 is 2.41 bits per heavy atom. The first-order valence-corrected chi connectivity index (χ1v) is 6.71. The fourth-order valence-electron chi connectivity index (χ4n) is 2.49. The van der Waals surface area contributed by atoms with Crippen molar-refractivity contribution in [2.24, 2.45) is 0 Å². The summed E-state index contributed by atoms with van der Waals surface area (Å²) in [6, 6.07) is 4.78. The second-order valence-electron chi connectivity index (χ2n) is 4.88. The van der Waals surface area contributed by atoms with E-state index in [0.717, 1.165) is 25.5 Å². The van der Waals surface area contributed by atoms with Gasteiger partial charge in [0, 0.05) is 25.3 Å². The molecule has 0 radical (unpaired) electrons. The predicted octanol–water partition coefficient (Wildman–Crippen LogP) is 2.36. The lowest BCUT2D eigenvalue weighted by molar-refractivity contribution is 0.421. The SMILES string of the molecule is CCCNC1CCCN(c2ncccc2C)C1. The van der Waals surface area contributed by atoms with E-state index in [2.05, 4.69) is 35.1 Å². The summed E-state index contributed by atoms with van der Waals surface area (Å²) < 4.78 is 0. The van der Waals surface area contributed by atoms with Crippen LogP contribution in [0.3, 0.4) is 0 Å². The maximum atomic E-state index is 4.51. The molecule has 0 amide bonds. The minimum Gasteiger partial charge on any atom is -0.355 e. The summed E-state index contributed by atoms with van der Waals surface area (Å²) >= 11 is 0. The largest absolute Gasteiger partial charge is 0.355 e. The maximum absolute atomic E-state index is 4.51. The normalized spacial score (nSPS) is 20.6. The van der Waals surface area contributed by atoms with Crippen LogP contribution in [0.15, 0.2) is 18.3 Å². The Morgan fingerprint density at radius 3 is 3.18 bits per heavy atom. The Kier molecular flexibility index (Phi) is 4.37. The average molecular weight is 233 g/mol. The Hall–Kier alpha value is -1.09. The molecule has 0 spiro atoms. The number of piperidine rings is 1. The molecule has 1 N–H and O–H groups in total. The van der Waals surface area contributed by atoms with Crippen LogP contribution >= 0.6 is 0 Å². The Balaban J connectivity index is 1.99. The number of pyridine rings is 1. The molecule has 1 saturated heterocycles. The molecule has 0 saturated carbocycles. The van der Waals surface area contributed by atoms with Crippen molar-refractivity contribution >= 4 is 5.82 Å². The van der Waals surface area contributed by atoms with E-state index in [9.17, 15) is 0 Å². The molecule has 3 nitrogen and oxygen atoms in total. The summed E-state index contributed by atoms with van der Waals surface area (Å²) in [6.45, 7) is 7.72. The molecule has 1 atom stereocenters. The molecule has 0 aliphatic carbocycles. The van der Waals surface area contributed by atoms with E-state index < -0.39 is 0 Å². The Morgan fingerprint density at radius 1 is 1.53 bits per heavy atom. The van der Waals surface area contributed by atoms with Gasteiger partial charge in [-0.05, 0) is 44.4 Å². The minimum atomic E-state index is 0.630. The number of nitrogens with zero attached hydrogens (tertiary/aromatic N) is 2. The molecule has 1 aliphatic heterocycles. The monoisotopic (exact) mass is 233 g/mol. The van der Waals surface area contributed by atoms with E-state index in [-0.39, 0.29) is 0 Å². The third kappa shape index (κ3) is 3.19. The van der Waals surface area contributed by atoms with Gasteiger partial charge in [0.05, 0.1) is 0 Å². The van der Waals surface area contributed by atoms with Gasteiger partial charge in [-0.3, -0.25) is 0 Å². The van der Waals surface area contributed by atoms with Gasteiger partial charge in [0.1, 0.15) is 5.82 Å². The fourth-order valence-corrected chi connectivity index (χ4v) is 2.49. The number of hydrogen-bond donors (Lipinski definition) is 1. The quantitative estimate of drug-likeness (QED) is 0.865. The lowest BCUT2D eigenvalue weighted by Crippen LogP contribution is -2.46. The molecule has 94 valence electrons. The van der Waals surface area contributed by atoms with E-state index >= 15 is 0 Å². The van der Waals surface area contributed by atoms with Crippen molar-refractivity contribution in [2.75, 3.05) is 24.5 Å². The predicted molar refractivity (Wildman–Crippen MR) is 72.5 cm³/mol. The molecular weight excluding hydrogens is 210 g/mol. The highest BCUT2D eigenvalue weighted by Gasteiger charge is 2.20. The third-order valence-corrected chi connectivity index (χ3v) is 3.39. The average Bonchev–Trinajstić information content (AvgIpc) is 2.37. The van der Waals surface area contributed by atoms with Crippen LogP contribution in [-0.2, 0) is 0 Å². The lowest BCUT2D eigenvalue weighted by atomic mass is 10.0. The van der Waals surface area contributed by atoms with Crippen LogP contribution in [0.1, 0.15) is 31.7 Å². The fraction of sp³-hybridized carbons (Fsp3) is 0.643. The molecule has 3 heteroatoms. The summed E-state index contributed by atoms with van der Waals surface area (Å²) in [5, 5.41) is 3.62. The van der Waals surface area contributed by atoms with Crippen molar-refractivity contribution in [3.8, 4) is 0 Å². The van der Waals surface area contributed by atoms with Crippen molar-refractivity contribution < 1.29 is 0 Å². The second kappa shape index (κ2) is 6.01. The summed E-state index contributed by atoms with van der Waals surface area (Å²) in [4.78, 5) is 6.94. The highest BCUT2D eigenvalue weighted by atomic mass is 15.2. The number of anilines is 1. The molecule has 2 rings (SSSR count). The molecule has 2 heterocycles. The first-order chi connectivity index (χ1) is 8.31. The number of hydrogen-bond acceptors (Lipinski definition) is 3. The van der Waals surface area contributed by atoms with Crippen LogP contribution in [0.5, 0.6) is 0 Å². The Bertz CT molecular complexity index is 351. The summed E-state index contributed by atoms with van der Waals surface area (Å²) in [5.41, 5.74) is 1.28. The van der Waals surface area contributed by atoms with Gasteiger partial charge < -0.3 is 10.2 Å². The summed E-state index contributed by atoms with van der Waals surface area (Å²) in [7, 11) is 0. The third-order valence-electron chi connectivity index (χ3n) is 3.39. The van der Waals surface area contributed by atoms with E-state index in [4.69, 9.17) is 0 Å². The van der Waals surface area contributed by atoms with E-state index in [1.807, 2.05) is 12.3 Å². The zero-order valence-corrected chi connectivity index (χ0v) is 10.9. The molecule has 17 heavy (non-hydrogen) atoms. The van der Waals surface area contributed by atoms with Gasteiger partial charge in [-0.1, -0.05) is 13.0 Å². The molecule has 1 aromatic heterocycles. The summed E-state index contributed by atoms with van der Waals surface area (Å²) in [5.74, 6) is 1.16. The first kappa shape index (κ1) is 12.4. The van der Waals surface area contributed by atoms with Crippen LogP contribution in [-0.4, -0.2) is 30.7 Å². The molecule has 1 aromatic rings. The Labute approximate surface area is 104 Å². The highest BCUT2D eigenvalue weighted by Crippen LogP contribution is 2.20. The molecular formula is C14H23N3. The number of nitrogens with one attached hydrogen (secondary N) is 1. The van der Waals surface area contributed by atoms with Crippen molar-refractivity contribution in [1.29, 1.82) is 0 Å². The van der Waals surface area contributed by atoms with Crippen LogP contribution in [0.4, 0.5) is 5.82 Å². The van der Waals surface area contributed by atoms with Crippen molar-refractivity contribution in [1.82, 2.24) is 10.3 Å². The highest BCUT2D eigenvalue weighted by molar-refractivity contribution is 5.46. The molecule has 0 bridgehead atoms. The lowest BCUT2D eigenvalue weighted by Gasteiger charge is -2.34. The van der Waals surface area contributed by atoms with Gasteiger partial charge in [0.25, 0.3) is 0 Å². The van der Waals surface area contributed by atoms with E-state index in [1.165, 1.54) is 24.8 Å². The zero-order valence-electron chi connectivity index (χ0n) is 10.9. The van der Waals surface area contributed by atoms with Crippen LogP contribution in [0, 0.1) is 6.92 Å². The van der Waals surface area contributed by atoms with Crippen molar-refractivity contribution in [3.63, 3.8) is 0 Å². The van der Waals surface area contributed by atoms with Gasteiger partial charge in [0.15, 0.2) is 0 Å². The van der Waals surface area contributed by atoms with Gasteiger partial charge in [0.2, 0.25) is 0 Å². The number of aromatic nitrogens is 1. The standard InChI is InChI=1S/C14H23N3/c1-3-8-15-13-7-5-10-17(11-13)14-12(2)6-4-9-16-14/h4,6,9,13,15H,3,5,7-8,10-11H2,1-2H3. The minimum absolute atomic E-state index is 0.630. The van der Waals surface area contributed by atoms with Gasteiger partial charge in [-0.2, -0.15) is 0 Å². The van der Waals surface area contributed by atoms with Crippen molar-refractivity contribution in [2.45, 2.75) is 39.2 Å². The van der Waals surface area contributed by atoms with Gasteiger partial charge >= 0.3 is 0 Å². The molecule has 1 fully saturated rings. The van der Waals surface area contributed by atoms with E-state index in [1.54, 1.807) is 0 Å². The van der Waals surface area contributed by atoms with Crippen molar-refractivity contribution in [3.05, 3.63) is 23.9 Å². The van der Waals surface area contributed by atoms with Crippen LogP contribution in [0.25, 0.3) is 0 Å². The molecule has 1 aliphatic rings. The topological polar surface area (TPSA) is 28.2 Å². The zero-order chi connectivity index (χ0) is 12.1. The maximum Gasteiger partial charge on any atom is 0.131 e. The number of rotatable bonds is 4. The molecule has 0 aromatic carbocycles. The van der Waals surface area contributed by atoms with E-state index in [0.29, 0.717) is 6.04 Å². The van der Waals surface area contributed by atoms with Gasteiger partial charge in [-0.25, -0.2) is 4.98 Å².